The predicted molar refractivity (Wildman–Crippen MR) is 66.3 cm³/mol. The van der Waals surface area contributed by atoms with Crippen molar-refractivity contribution in [3.05, 3.63) is 22.2 Å². The van der Waals surface area contributed by atoms with Crippen LogP contribution < -0.4 is 4.90 Å². The highest BCUT2D eigenvalue weighted by atomic mass is 35.5. The quantitative estimate of drug-likeness (QED) is 0.708. The molecule has 1 aliphatic carbocycles. The van der Waals surface area contributed by atoms with E-state index in [9.17, 15) is 0 Å². The molecular weight excluding hydrogens is 251 g/mol. The Balaban J connectivity index is 2.08. The molecule has 78 valence electrons. The van der Waals surface area contributed by atoms with Crippen molar-refractivity contribution in [3.8, 4) is 0 Å². The first-order chi connectivity index (χ1) is 7.25. The van der Waals surface area contributed by atoms with Gasteiger partial charge >= 0.3 is 0 Å². The monoisotopic (exact) mass is 258 g/mol. The Morgan fingerprint density at radius 3 is 2.73 bits per heavy atom. The van der Waals surface area contributed by atoms with Crippen LogP contribution in [0.3, 0.4) is 0 Å². The van der Waals surface area contributed by atoms with Crippen LogP contribution in [0.4, 0.5) is 5.69 Å². The molecule has 0 aromatic heterocycles. The second-order valence-corrected chi connectivity index (χ2v) is 5.33. The average molecular weight is 259 g/mol. The van der Waals surface area contributed by atoms with Crippen LogP contribution in [0.25, 0.3) is 0 Å². The Morgan fingerprint density at radius 2 is 2.00 bits per heavy atom. The van der Waals surface area contributed by atoms with Crippen LogP contribution in [0, 0.1) is 0 Å². The SMILES string of the molecule is Clc1cc2c(cc1Cl)N(C1CC1)C=NS2. The van der Waals surface area contributed by atoms with Crippen molar-refractivity contribution in [2.24, 2.45) is 4.40 Å². The van der Waals surface area contributed by atoms with Gasteiger partial charge in [-0.2, -0.15) is 0 Å². The zero-order valence-corrected chi connectivity index (χ0v) is 10.1. The molecule has 1 aromatic carbocycles. The fraction of sp³-hybridized carbons (Fsp3) is 0.300. The van der Waals surface area contributed by atoms with Gasteiger partial charge in [0.05, 0.1) is 20.6 Å². The Morgan fingerprint density at radius 1 is 1.27 bits per heavy atom. The first-order valence-corrected chi connectivity index (χ1v) is 6.26. The topological polar surface area (TPSA) is 15.6 Å². The first kappa shape index (κ1) is 9.82. The highest BCUT2D eigenvalue weighted by molar-refractivity contribution is 7.98. The molecule has 5 heteroatoms. The van der Waals surface area contributed by atoms with Crippen molar-refractivity contribution < 1.29 is 0 Å². The third-order valence-electron chi connectivity index (χ3n) is 2.54. The molecule has 0 amide bonds. The minimum atomic E-state index is 0.593. The van der Waals surface area contributed by atoms with Crippen molar-refractivity contribution in [1.29, 1.82) is 0 Å². The van der Waals surface area contributed by atoms with Gasteiger partial charge in [0.1, 0.15) is 6.34 Å². The molecular formula is C10H8Cl2N2S. The second kappa shape index (κ2) is 3.58. The summed E-state index contributed by atoms with van der Waals surface area (Å²) in [6, 6.07) is 4.41. The molecule has 1 saturated carbocycles. The van der Waals surface area contributed by atoms with Gasteiger partial charge in [0.25, 0.3) is 0 Å². The summed E-state index contributed by atoms with van der Waals surface area (Å²) >= 11 is 13.4. The molecule has 0 N–H and O–H groups in total. The molecule has 0 bridgehead atoms. The van der Waals surface area contributed by atoms with Crippen LogP contribution in [-0.2, 0) is 0 Å². The summed E-state index contributed by atoms with van der Waals surface area (Å²) in [5.74, 6) is 0. The molecule has 0 spiro atoms. The van der Waals surface area contributed by atoms with Crippen LogP contribution in [-0.4, -0.2) is 12.4 Å². The van der Waals surface area contributed by atoms with E-state index < -0.39 is 0 Å². The number of nitrogens with zero attached hydrogens (tertiary/aromatic N) is 2. The number of anilines is 1. The number of fused-ring (bicyclic) bond motifs is 1. The van der Waals surface area contributed by atoms with Crippen molar-refractivity contribution >= 4 is 47.2 Å². The van der Waals surface area contributed by atoms with E-state index in [2.05, 4.69) is 9.30 Å². The van der Waals surface area contributed by atoms with E-state index >= 15 is 0 Å². The normalized spacial score (nSPS) is 19.2. The Hall–Kier alpha value is -0.380. The standard InChI is InChI=1S/C10H8Cl2N2S/c11-7-3-9-10(4-8(7)12)15-13-5-14(9)6-1-2-6/h3-6H,1-2H2. The number of hydrogen-bond acceptors (Lipinski definition) is 3. The van der Waals surface area contributed by atoms with Crippen molar-refractivity contribution in [1.82, 2.24) is 0 Å². The van der Waals surface area contributed by atoms with Gasteiger partial charge in [0, 0.05) is 18.0 Å². The van der Waals surface area contributed by atoms with Crippen LogP contribution in [0.1, 0.15) is 12.8 Å². The molecule has 0 radical (unpaired) electrons. The third-order valence-corrected chi connectivity index (χ3v) is 3.99. The van der Waals surface area contributed by atoms with Crippen molar-refractivity contribution in [3.63, 3.8) is 0 Å². The van der Waals surface area contributed by atoms with Gasteiger partial charge in [0.15, 0.2) is 0 Å². The Labute approximate surface area is 102 Å². The molecule has 3 rings (SSSR count). The van der Waals surface area contributed by atoms with Crippen LogP contribution >= 0.6 is 35.1 Å². The van der Waals surface area contributed by atoms with Gasteiger partial charge in [-0.25, -0.2) is 4.40 Å². The average Bonchev–Trinajstić information content (AvgIpc) is 3.02. The van der Waals surface area contributed by atoms with Gasteiger partial charge in [-0.05, 0) is 25.0 Å². The molecule has 1 aliphatic heterocycles. The minimum Gasteiger partial charge on any atom is -0.328 e. The number of halogens is 2. The lowest BCUT2D eigenvalue weighted by Crippen LogP contribution is -2.25. The smallest absolute Gasteiger partial charge is 0.104 e. The Bertz CT molecular complexity index is 443. The maximum absolute atomic E-state index is 6.02. The molecule has 0 saturated heterocycles. The fourth-order valence-corrected chi connectivity index (χ4v) is 2.71. The Kier molecular flexibility index (Phi) is 2.34. The van der Waals surface area contributed by atoms with Gasteiger partial charge in [0.2, 0.25) is 0 Å². The van der Waals surface area contributed by atoms with E-state index in [1.54, 1.807) is 0 Å². The number of hydrogen-bond donors (Lipinski definition) is 0. The third kappa shape index (κ3) is 1.73. The predicted octanol–water partition coefficient (Wildman–Crippen LogP) is 4.01. The summed E-state index contributed by atoms with van der Waals surface area (Å²) < 4.78 is 4.25. The minimum absolute atomic E-state index is 0.593. The largest absolute Gasteiger partial charge is 0.328 e. The number of rotatable bonds is 1. The summed E-state index contributed by atoms with van der Waals surface area (Å²) in [5.41, 5.74) is 1.13. The van der Waals surface area contributed by atoms with Crippen molar-refractivity contribution in [2.45, 2.75) is 23.8 Å². The van der Waals surface area contributed by atoms with E-state index in [1.807, 2.05) is 18.5 Å². The van der Waals surface area contributed by atoms with Gasteiger partial charge in [-0.3, -0.25) is 0 Å². The van der Waals surface area contributed by atoms with E-state index in [-0.39, 0.29) is 0 Å². The van der Waals surface area contributed by atoms with E-state index in [0.29, 0.717) is 16.1 Å². The zero-order valence-electron chi connectivity index (χ0n) is 7.78. The van der Waals surface area contributed by atoms with Gasteiger partial charge < -0.3 is 4.90 Å². The summed E-state index contributed by atoms with van der Waals surface area (Å²) in [6.45, 7) is 0. The van der Waals surface area contributed by atoms with Gasteiger partial charge in [-0.1, -0.05) is 23.2 Å². The fourth-order valence-electron chi connectivity index (χ4n) is 1.63. The van der Waals surface area contributed by atoms with Crippen LogP contribution in [0.15, 0.2) is 21.4 Å². The molecule has 0 atom stereocenters. The molecule has 2 nitrogen and oxygen atoms in total. The first-order valence-electron chi connectivity index (χ1n) is 4.73. The molecule has 0 unspecified atom stereocenters. The lowest BCUT2D eigenvalue weighted by molar-refractivity contribution is 0.997. The molecule has 1 heterocycles. The maximum atomic E-state index is 6.02. The summed E-state index contributed by atoms with van der Waals surface area (Å²) in [5, 5.41) is 1.20. The molecule has 1 aromatic rings. The molecule has 15 heavy (non-hydrogen) atoms. The summed E-state index contributed by atoms with van der Waals surface area (Å²) in [6.07, 6.45) is 4.35. The maximum Gasteiger partial charge on any atom is 0.104 e. The van der Waals surface area contributed by atoms with E-state index in [0.717, 1.165) is 10.6 Å². The van der Waals surface area contributed by atoms with E-state index in [4.69, 9.17) is 23.2 Å². The lowest BCUT2D eigenvalue weighted by Gasteiger charge is -2.25. The van der Waals surface area contributed by atoms with Crippen LogP contribution in [0.5, 0.6) is 0 Å². The highest BCUT2D eigenvalue weighted by Crippen LogP contribution is 2.43. The number of benzene rings is 1. The van der Waals surface area contributed by atoms with Crippen LogP contribution in [0.2, 0.25) is 10.0 Å². The van der Waals surface area contributed by atoms with E-state index in [1.165, 1.54) is 24.8 Å². The lowest BCUT2D eigenvalue weighted by atomic mass is 10.3. The zero-order chi connectivity index (χ0) is 10.4. The van der Waals surface area contributed by atoms with Gasteiger partial charge in [-0.15, -0.1) is 0 Å². The summed E-state index contributed by atoms with van der Waals surface area (Å²) in [7, 11) is 0. The second-order valence-electron chi connectivity index (χ2n) is 3.68. The molecule has 2 aliphatic rings. The summed E-state index contributed by atoms with van der Waals surface area (Å²) in [4.78, 5) is 3.27. The molecule has 1 fully saturated rings. The van der Waals surface area contributed by atoms with Crippen molar-refractivity contribution in [2.75, 3.05) is 4.90 Å². The highest BCUT2D eigenvalue weighted by Gasteiger charge is 2.31.